The van der Waals surface area contributed by atoms with Crippen LogP contribution in [0.4, 0.5) is 12.9 Å². The van der Waals surface area contributed by atoms with Gasteiger partial charge in [-0.15, -0.1) is 0 Å². The van der Waals surface area contributed by atoms with Gasteiger partial charge in [-0.2, -0.15) is 0 Å². The molecular weight excluding hydrogens is 191 g/mol. The summed E-state index contributed by atoms with van der Waals surface area (Å²) >= 11 is 0. The molecule has 12 heavy (non-hydrogen) atoms. The zero-order chi connectivity index (χ0) is 8.11. The molecule has 0 heterocycles. The van der Waals surface area contributed by atoms with E-state index >= 15 is 0 Å². The van der Waals surface area contributed by atoms with E-state index in [2.05, 4.69) is 0 Å². The molecule has 5 heteroatoms. The predicted octanol–water partition coefficient (Wildman–Crippen LogP) is 0.172. The fourth-order valence-corrected chi connectivity index (χ4v) is 2.40. The summed E-state index contributed by atoms with van der Waals surface area (Å²) in [6.45, 7) is -4.51. The zero-order valence-corrected chi connectivity index (χ0v) is 10.4. The molecule has 0 N–H and O–H groups in total. The van der Waals surface area contributed by atoms with Gasteiger partial charge in [0.1, 0.15) is 0 Å². The van der Waals surface area contributed by atoms with Crippen molar-refractivity contribution in [3.05, 3.63) is 0 Å². The zero-order valence-electron chi connectivity index (χ0n) is 7.32. The van der Waals surface area contributed by atoms with Crippen molar-refractivity contribution in [3.63, 3.8) is 0 Å². The van der Waals surface area contributed by atoms with Gasteiger partial charge in [-0.1, -0.05) is 25.1 Å². The first-order valence-electron chi connectivity index (χ1n) is 4.22. The molecule has 0 nitrogen and oxygen atoms in total. The summed E-state index contributed by atoms with van der Waals surface area (Å²) in [5.74, 6) is -0.907. The first kappa shape index (κ1) is 11.6. The summed E-state index contributed by atoms with van der Waals surface area (Å²) in [7, 11) is 0. The molecule has 0 unspecified atom stereocenters. The third-order valence-corrected chi connectivity index (χ3v) is 3.34. The Balaban J connectivity index is 0.000000720. The Morgan fingerprint density at radius 1 is 1.08 bits per heavy atom. The first-order chi connectivity index (χ1) is 5.02. The van der Waals surface area contributed by atoms with Gasteiger partial charge in [0.05, 0.1) is 0 Å². The van der Waals surface area contributed by atoms with Crippen LogP contribution in [0.15, 0.2) is 0 Å². The van der Waals surface area contributed by atoms with Crippen molar-refractivity contribution < 1.29 is 64.3 Å². The smallest absolute Gasteiger partial charge is 0.449 e. The van der Waals surface area contributed by atoms with Crippen molar-refractivity contribution in [2.45, 2.75) is 37.9 Å². The normalized spacial score (nSPS) is 27.2. The molecule has 1 spiro atoms. The number of halogens is 3. The van der Waals surface area contributed by atoms with Gasteiger partial charge in [0.15, 0.2) is 0 Å². The molecule has 0 aromatic rings. The Bertz CT molecular complexity index is 168. The molecule has 0 bridgehead atoms. The van der Waals surface area contributed by atoms with Crippen molar-refractivity contribution in [2.75, 3.05) is 0 Å². The molecule has 0 atom stereocenters. The number of rotatable bonds is 1. The molecule has 0 aliphatic heterocycles. The van der Waals surface area contributed by atoms with Crippen molar-refractivity contribution in [3.8, 4) is 0 Å². The second-order valence-electron chi connectivity index (χ2n) is 4.15. The number of hydrogen-bond acceptors (Lipinski definition) is 0. The van der Waals surface area contributed by atoms with Crippen LogP contribution in [0, 0.1) is 5.41 Å². The van der Waals surface area contributed by atoms with Crippen molar-refractivity contribution in [1.29, 1.82) is 0 Å². The van der Waals surface area contributed by atoms with Gasteiger partial charge >= 0.3 is 58.4 Å². The fourth-order valence-electron chi connectivity index (χ4n) is 2.40. The van der Waals surface area contributed by atoms with E-state index in [0.29, 0.717) is 12.8 Å². The van der Waals surface area contributed by atoms with E-state index in [1.165, 1.54) is 0 Å². The fraction of sp³-hybridized carbons (Fsp3) is 1.00. The topological polar surface area (TPSA) is 0 Å². The molecule has 0 radical (unpaired) electrons. The standard InChI is InChI=1S/C7H11BF3.K/c9-8(10,11)6-4-7(5-6)2-1-3-7;/h6H,1-5H2;/q-1;+1. The molecule has 64 valence electrons. The maximum Gasteiger partial charge on any atom is 1.00 e. The van der Waals surface area contributed by atoms with Crippen molar-refractivity contribution in [1.82, 2.24) is 0 Å². The van der Waals surface area contributed by atoms with E-state index in [1.54, 1.807) is 0 Å². The SMILES string of the molecule is F[B-](F)(F)C1CC2(CCC2)C1.[K+]. The summed E-state index contributed by atoms with van der Waals surface area (Å²) in [6, 6.07) is 0. The monoisotopic (exact) mass is 202 g/mol. The summed E-state index contributed by atoms with van der Waals surface area (Å²) in [5.41, 5.74) is 0.169. The van der Waals surface area contributed by atoms with E-state index in [-0.39, 0.29) is 56.8 Å². The summed E-state index contributed by atoms with van der Waals surface area (Å²) in [6.07, 6.45) is 4.13. The maximum atomic E-state index is 12.1. The minimum Gasteiger partial charge on any atom is -0.449 e. The van der Waals surface area contributed by atoms with Gasteiger partial charge in [0, 0.05) is 0 Å². The quantitative estimate of drug-likeness (QED) is 0.532. The van der Waals surface area contributed by atoms with Gasteiger partial charge in [-0.25, -0.2) is 0 Å². The van der Waals surface area contributed by atoms with Gasteiger partial charge in [0.2, 0.25) is 0 Å². The van der Waals surface area contributed by atoms with Crippen LogP contribution in [0.2, 0.25) is 5.82 Å². The average Bonchev–Trinajstić information content (AvgIpc) is 1.49. The Hall–Kier alpha value is 1.49. The van der Waals surface area contributed by atoms with Crippen LogP contribution in [0.25, 0.3) is 0 Å². The first-order valence-corrected chi connectivity index (χ1v) is 4.22. The number of hydrogen-bond donors (Lipinski definition) is 0. The van der Waals surface area contributed by atoms with Gasteiger partial charge < -0.3 is 12.9 Å². The molecule has 0 amide bonds. The average molecular weight is 202 g/mol. The molecule has 2 saturated carbocycles. The van der Waals surface area contributed by atoms with E-state index in [0.717, 1.165) is 19.3 Å². The van der Waals surface area contributed by atoms with Crippen LogP contribution in [-0.4, -0.2) is 6.98 Å². The Morgan fingerprint density at radius 2 is 1.58 bits per heavy atom. The van der Waals surface area contributed by atoms with Crippen LogP contribution in [-0.2, 0) is 0 Å². The summed E-state index contributed by atoms with van der Waals surface area (Å²) < 4.78 is 36.2. The van der Waals surface area contributed by atoms with Gasteiger partial charge in [-0.05, 0) is 18.3 Å². The predicted molar refractivity (Wildman–Crippen MR) is 38.3 cm³/mol. The van der Waals surface area contributed by atoms with Gasteiger partial charge in [0.25, 0.3) is 0 Å². The van der Waals surface area contributed by atoms with E-state index in [9.17, 15) is 12.9 Å². The molecule has 0 aromatic carbocycles. The largest absolute Gasteiger partial charge is 1.00 e. The third-order valence-electron chi connectivity index (χ3n) is 3.34. The van der Waals surface area contributed by atoms with Crippen LogP contribution in [0.1, 0.15) is 32.1 Å². The maximum absolute atomic E-state index is 12.1. The minimum absolute atomic E-state index is 0. The minimum atomic E-state index is -4.51. The second kappa shape index (κ2) is 3.57. The molecule has 2 aliphatic rings. The summed E-state index contributed by atoms with van der Waals surface area (Å²) in [5, 5.41) is 0. The molecule has 2 aliphatic carbocycles. The Morgan fingerprint density at radius 3 is 1.83 bits per heavy atom. The third kappa shape index (κ3) is 1.95. The molecule has 0 aromatic heterocycles. The molecule has 0 saturated heterocycles. The molecule has 2 fully saturated rings. The van der Waals surface area contributed by atoms with Crippen molar-refractivity contribution in [2.24, 2.45) is 5.41 Å². The van der Waals surface area contributed by atoms with E-state index in [1.807, 2.05) is 0 Å². The van der Waals surface area contributed by atoms with Crippen LogP contribution < -0.4 is 51.4 Å². The Labute approximate surface area is 113 Å². The molecule has 2 rings (SSSR count). The van der Waals surface area contributed by atoms with Crippen LogP contribution >= 0.6 is 0 Å². The van der Waals surface area contributed by atoms with E-state index < -0.39 is 12.8 Å². The Kier molecular flexibility index (Phi) is 3.44. The van der Waals surface area contributed by atoms with Crippen molar-refractivity contribution >= 4 is 6.98 Å². The second-order valence-corrected chi connectivity index (χ2v) is 4.15. The molecular formula is C7H11BF3K. The van der Waals surface area contributed by atoms with Gasteiger partial charge in [-0.3, -0.25) is 0 Å². The summed E-state index contributed by atoms with van der Waals surface area (Å²) in [4.78, 5) is 0. The van der Waals surface area contributed by atoms with Crippen LogP contribution in [0.3, 0.4) is 0 Å². The van der Waals surface area contributed by atoms with Crippen LogP contribution in [0.5, 0.6) is 0 Å². The van der Waals surface area contributed by atoms with E-state index in [4.69, 9.17) is 0 Å².